The molecule has 2 aromatic rings. The lowest BCUT2D eigenvalue weighted by atomic mass is 9.94. The molecule has 0 fully saturated rings. The average molecular weight is 415 g/mol. The zero-order chi connectivity index (χ0) is 21.2. The highest BCUT2D eigenvalue weighted by molar-refractivity contribution is 6.30. The summed E-state index contributed by atoms with van der Waals surface area (Å²) in [7, 11) is 0. The summed E-state index contributed by atoms with van der Waals surface area (Å²) in [6.07, 6.45) is 0. The smallest absolute Gasteiger partial charge is 0.258 e. The fraction of sp³-hybridized carbons (Fsp3) is 0.286. The number of nitrogens with zero attached hydrogens (tertiary/aromatic N) is 1. The Kier molecular flexibility index (Phi) is 5.91. The van der Waals surface area contributed by atoms with Gasteiger partial charge in [-0.3, -0.25) is 19.3 Å². The van der Waals surface area contributed by atoms with E-state index >= 15 is 0 Å². The molecule has 4 N–H and O–H groups in total. The fourth-order valence-corrected chi connectivity index (χ4v) is 2.98. The minimum Gasteiger partial charge on any atom is -0.351 e. The summed E-state index contributed by atoms with van der Waals surface area (Å²) in [4.78, 5) is 38.9. The van der Waals surface area contributed by atoms with Crippen molar-refractivity contribution in [1.29, 1.82) is 0 Å². The van der Waals surface area contributed by atoms with E-state index < -0.39 is 0 Å². The maximum absolute atomic E-state index is 12.9. The molecule has 0 saturated carbocycles. The summed E-state index contributed by atoms with van der Waals surface area (Å²) in [6, 6.07) is 11.3. The predicted octanol–water partition coefficient (Wildman–Crippen LogP) is 2.65. The number of carbonyl (C=O) groups excluding carboxylic acids is 3. The molecule has 3 amide bonds. The molecule has 0 spiro atoms. The van der Waals surface area contributed by atoms with Crippen LogP contribution < -0.4 is 21.3 Å². The largest absolute Gasteiger partial charge is 0.351 e. The van der Waals surface area contributed by atoms with Gasteiger partial charge in [0.05, 0.1) is 11.4 Å². The van der Waals surface area contributed by atoms with Crippen molar-refractivity contribution >= 4 is 40.7 Å². The number of hydrogen-bond donors (Lipinski definition) is 3. The predicted molar refractivity (Wildman–Crippen MR) is 113 cm³/mol. The number of amides is 3. The number of rotatable bonds is 5. The van der Waals surface area contributed by atoms with E-state index in [2.05, 4.69) is 10.6 Å². The van der Waals surface area contributed by atoms with Gasteiger partial charge in [-0.2, -0.15) is 0 Å². The van der Waals surface area contributed by atoms with Crippen molar-refractivity contribution in [3.05, 3.63) is 58.6 Å². The van der Waals surface area contributed by atoms with Crippen LogP contribution in [0.5, 0.6) is 0 Å². The van der Waals surface area contributed by atoms with Crippen LogP contribution in [0.25, 0.3) is 0 Å². The van der Waals surface area contributed by atoms with E-state index in [1.54, 1.807) is 42.5 Å². The highest BCUT2D eigenvalue weighted by atomic mass is 35.5. The molecule has 29 heavy (non-hydrogen) atoms. The number of carbonyl (C=O) groups is 3. The van der Waals surface area contributed by atoms with Crippen LogP contribution >= 0.6 is 11.6 Å². The molecule has 3 rings (SSSR count). The van der Waals surface area contributed by atoms with E-state index in [-0.39, 0.29) is 29.7 Å². The topological polar surface area (TPSA) is 105 Å². The molecule has 1 aliphatic rings. The van der Waals surface area contributed by atoms with Gasteiger partial charge in [-0.25, -0.2) is 0 Å². The quantitative estimate of drug-likeness (QED) is 0.699. The third kappa shape index (κ3) is 4.75. The molecular weight excluding hydrogens is 392 g/mol. The number of nitrogens with one attached hydrogen (secondary N) is 2. The summed E-state index contributed by atoms with van der Waals surface area (Å²) in [5.41, 5.74) is 7.22. The molecule has 0 aromatic heterocycles. The highest BCUT2D eigenvalue weighted by Gasteiger charge is 2.28. The van der Waals surface area contributed by atoms with E-state index in [1.807, 2.05) is 13.8 Å². The molecule has 0 atom stereocenters. The first kappa shape index (κ1) is 20.8. The number of fused-ring (bicyclic) bond motifs is 1. The third-order valence-electron chi connectivity index (χ3n) is 4.74. The van der Waals surface area contributed by atoms with E-state index in [0.29, 0.717) is 40.6 Å². The van der Waals surface area contributed by atoms with E-state index in [0.717, 1.165) is 0 Å². The van der Waals surface area contributed by atoms with Crippen molar-refractivity contribution in [2.45, 2.75) is 13.8 Å². The van der Waals surface area contributed by atoms with Crippen LogP contribution in [0, 0.1) is 5.41 Å². The number of hydrogen-bond acceptors (Lipinski definition) is 4. The zero-order valence-electron chi connectivity index (χ0n) is 16.3. The van der Waals surface area contributed by atoms with Crippen molar-refractivity contribution in [2.75, 3.05) is 29.9 Å². The number of nitrogens with two attached hydrogens (primary N) is 1. The molecular formula is C21H23ClN4O3. The second kappa shape index (κ2) is 8.23. The van der Waals surface area contributed by atoms with Gasteiger partial charge in [-0.05, 0) is 54.4 Å². The van der Waals surface area contributed by atoms with Gasteiger partial charge in [-0.1, -0.05) is 25.4 Å². The van der Waals surface area contributed by atoms with Gasteiger partial charge in [0.15, 0.2) is 0 Å². The molecule has 7 nitrogen and oxygen atoms in total. The standard InChI is InChI=1S/C21H23ClN4O3/c1-21(2,11-23)12-24-19(28)14-5-8-17-16(9-14)25-18(27)10-26(17)20(29)13-3-6-15(22)7-4-13/h3-9H,10-12,23H2,1-2H3,(H,24,28)(H,25,27). The van der Waals surface area contributed by atoms with Crippen molar-refractivity contribution in [2.24, 2.45) is 11.1 Å². The molecule has 2 aromatic carbocycles. The first-order chi connectivity index (χ1) is 13.7. The Morgan fingerprint density at radius 1 is 1.17 bits per heavy atom. The lowest BCUT2D eigenvalue weighted by Crippen LogP contribution is -2.42. The van der Waals surface area contributed by atoms with Crippen molar-refractivity contribution in [1.82, 2.24) is 5.32 Å². The van der Waals surface area contributed by atoms with Crippen molar-refractivity contribution in [3.63, 3.8) is 0 Å². The van der Waals surface area contributed by atoms with Gasteiger partial charge in [-0.15, -0.1) is 0 Å². The van der Waals surface area contributed by atoms with Gasteiger partial charge in [0.25, 0.3) is 11.8 Å². The summed E-state index contributed by atoms with van der Waals surface area (Å²) < 4.78 is 0. The Morgan fingerprint density at radius 3 is 2.48 bits per heavy atom. The van der Waals surface area contributed by atoms with Gasteiger partial charge in [0.1, 0.15) is 6.54 Å². The van der Waals surface area contributed by atoms with Crippen molar-refractivity contribution < 1.29 is 14.4 Å². The maximum Gasteiger partial charge on any atom is 0.258 e. The Hall–Kier alpha value is -2.90. The van der Waals surface area contributed by atoms with Gasteiger partial charge < -0.3 is 16.4 Å². The number of benzene rings is 2. The van der Waals surface area contributed by atoms with Crippen LogP contribution in [0.4, 0.5) is 11.4 Å². The fourth-order valence-electron chi connectivity index (χ4n) is 2.85. The minimum atomic E-state index is -0.332. The maximum atomic E-state index is 12.9. The van der Waals surface area contributed by atoms with Gasteiger partial charge in [0, 0.05) is 22.7 Å². The number of halogens is 1. The lowest BCUT2D eigenvalue weighted by Gasteiger charge is -2.29. The van der Waals surface area contributed by atoms with Gasteiger partial charge >= 0.3 is 0 Å². The van der Waals surface area contributed by atoms with E-state index in [4.69, 9.17) is 17.3 Å². The molecule has 152 valence electrons. The molecule has 0 aliphatic carbocycles. The van der Waals surface area contributed by atoms with E-state index in [9.17, 15) is 14.4 Å². The normalized spacial score (nSPS) is 13.5. The highest BCUT2D eigenvalue weighted by Crippen LogP contribution is 2.31. The Balaban J connectivity index is 1.84. The molecule has 8 heteroatoms. The molecule has 0 bridgehead atoms. The lowest BCUT2D eigenvalue weighted by molar-refractivity contribution is -0.115. The third-order valence-corrected chi connectivity index (χ3v) is 4.99. The zero-order valence-corrected chi connectivity index (χ0v) is 17.0. The molecule has 0 saturated heterocycles. The first-order valence-corrected chi connectivity index (χ1v) is 9.57. The summed E-state index contributed by atoms with van der Waals surface area (Å²) in [5.74, 6) is -0.925. The van der Waals surface area contributed by atoms with Crippen LogP contribution in [-0.4, -0.2) is 37.4 Å². The average Bonchev–Trinajstić information content (AvgIpc) is 2.71. The minimum absolute atomic E-state index is 0.106. The Bertz CT molecular complexity index is 957. The van der Waals surface area contributed by atoms with Crippen LogP contribution in [0.2, 0.25) is 5.02 Å². The Morgan fingerprint density at radius 2 is 1.83 bits per heavy atom. The van der Waals surface area contributed by atoms with E-state index in [1.165, 1.54) is 4.90 Å². The van der Waals surface area contributed by atoms with Crippen LogP contribution in [0.3, 0.4) is 0 Å². The molecule has 1 aliphatic heterocycles. The first-order valence-electron chi connectivity index (χ1n) is 9.20. The van der Waals surface area contributed by atoms with Crippen molar-refractivity contribution in [3.8, 4) is 0 Å². The molecule has 0 radical (unpaired) electrons. The molecule has 0 unspecified atom stereocenters. The summed E-state index contributed by atoms with van der Waals surface area (Å²) in [6.45, 7) is 4.67. The second-order valence-electron chi connectivity index (χ2n) is 7.73. The van der Waals surface area contributed by atoms with Crippen LogP contribution in [0.1, 0.15) is 34.6 Å². The molecule has 1 heterocycles. The monoisotopic (exact) mass is 414 g/mol. The summed E-state index contributed by atoms with van der Waals surface area (Å²) in [5, 5.41) is 6.10. The van der Waals surface area contributed by atoms with Crippen LogP contribution in [-0.2, 0) is 4.79 Å². The van der Waals surface area contributed by atoms with Crippen LogP contribution in [0.15, 0.2) is 42.5 Å². The summed E-state index contributed by atoms with van der Waals surface area (Å²) >= 11 is 5.88. The Labute approximate surface area is 174 Å². The van der Waals surface area contributed by atoms with Gasteiger partial charge in [0.2, 0.25) is 5.91 Å². The second-order valence-corrected chi connectivity index (χ2v) is 8.17. The SMILES string of the molecule is CC(C)(CN)CNC(=O)c1ccc2c(c1)NC(=O)CN2C(=O)c1ccc(Cl)cc1. The number of anilines is 2.